The molecule has 6 aromatic carbocycles. The molecule has 0 fully saturated rings. The van der Waals surface area contributed by atoms with Crippen LogP contribution in [-0.2, 0) is 29.2 Å². The van der Waals surface area contributed by atoms with Crippen LogP contribution in [0.25, 0.3) is 0 Å². The Bertz CT molecular complexity index is 1660. The molecular weight excluding hydrogens is 686 g/mol. The molecule has 0 aliphatic carbocycles. The van der Waals surface area contributed by atoms with Gasteiger partial charge >= 0.3 is 10.4 Å². The van der Waals surface area contributed by atoms with Crippen LogP contribution >= 0.6 is 17.6 Å². The van der Waals surface area contributed by atoms with Crippen molar-refractivity contribution in [3.63, 3.8) is 0 Å². The second-order valence-electron chi connectivity index (χ2n) is 12.6. The number of benzene rings is 6. The highest BCUT2D eigenvalue weighted by atomic mass is 32.3. The molecular formula is C44H44O4P2S. The first-order chi connectivity index (χ1) is 25.0. The Kier molecular flexibility index (Phi) is 13.0. The first-order valence-electron chi connectivity index (χ1n) is 17.5. The Morgan fingerprint density at radius 2 is 0.588 bits per heavy atom. The molecule has 4 nitrogen and oxygen atoms in total. The lowest BCUT2D eigenvalue weighted by atomic mass is 9.67. The largest absolute Gasteiger partial charge is 0.405 e. The van der Waals surface area contributed by atoms with E-state index in [4.69, 9.17) is 7.94 Å². The first-order valence-corrected chi connectivity index (χ1v) is 21.0. The molecule has 0 aromatic heterocycles. The SMILES string of the molecule is O=S(=O)(OPCCCC(c1ccccc1)(c1ccccc1)c1ccccc1)OPCCCC(c1ccccc1)(c1ccccc1)c1ccccc1. The number of hydrogen-bond acceptors (Lipinski definition) is 4. The van der Waals surface area contributed by atoms with Gasteiger partial charge in [0.1, 0.15) is 0 Å². The second-order valence-corrected chi connectivity index (χ2v) is 16.3. The Morgan fingerprint density at radius 3 is 0.804 bits per heavy atom. The summed E-state index contributed by atoms with van der Waals surface area (Å²) in [5.41, 5.74) is 6.50. The van der Waals surface area contributed by atoms with E-state index in [1.54, 1.807) is 0 Å². The van der Waals surface area contributed by atoms with Gasteiger partial charge in [-0.25, -0.2) is 7.94 Å². The van der Waals surface area contributed by atoms with Crippen molar-refractivity contribution in [1.29, 1.82) is 0 Å². The van der Waals surface area contributed by atoms with Gasteiger partial charge in [-0.3, -0.25) is 0 Å². The molecule has 0 heterocycles. The molecule has 260 valence electrons. The van der Waals surface area contributed by atoms with Crippen molar-refractivity contribution in [2.24, 2.45) is 0 Å². The fourth-order valence-electron chi connectivity index (χ4n) is 7.30. The average molecular weight is 731 g/mol. The minimum Gasteiger partial charge on any atom is -0.229 e. The van der Waals surface area contributed by atoms with E-state index in [0.29, 0.717) is 12.3 Å². The van der Waals surface area contributed by atoms with Gasteiger partial charge in [0.2, 0.25) is 0 Å². The van der Waals surface area contributed by atoms with E-state index < -0.39 is 10.4 Å². The van der Waals surface area contributed by atoms with Crippen LogP contribution in [0.4, 0.5) is 0 Å². The fourth-order valence-corrected chi connectivity index (χ4v) is 10.2. The summed E-state index contributed by atoms with van der Waals surface area (Å²) in [5.74, 6) is 0. The van der Waals surface area contributed by atoms with Gasteiger partial charge in [-0.2, -0.15) is 8.42 Å². The minimum absolute atomic E-state index is 0.219. The van der Waals surface area contributed by atoms with E-state index in [1.807, 2.05) is 36.4 Å². The van der Waals surface area contributed by atoms with Crippen molar-refractivity contribution < 1.29 is 16.4 Å². The number of hydrogen-bond donors (Lipinski definition) is 0. The maximum absolute atomic E-state index is 12.8. The monoisotopic (exact) mass is 730 g/mol. The third kappa shape index (κ3) is 8.93. The highest BCUT2D eigenvalue weighted by molar-refractivity contribution is 7.87. The van der Waals surface area contributed by atoms with Gasteiger partial charge in [0.25, 0.3) is 0 Å². The van der Waals surface area contributed by atoms with Crippen molar-refractivity contribution >= 4 is 28.0 Å². The van der Waals surface area contributed by atoms with Crippen LogP contribution in [0.1, 0.15) is 59.1 Å². The normalized spacial score (nSPS) is 12.5. The molecule has 2 atom stereocenters. The highest BCUT2D eigenvalue weighted by Crippen LogP contribution is 2.45. The number of rotatable bonds is 18. The van der Waals surface area contributed by atoms with Gasteiger partial charge in [-0.15, -0.1) is 0 Å². The van der Waals surface area contributed by atoms with Crippen molar-refractivity contribution in [2.45, 2.75) is 36.5 Å². The maximum Gasteiger partial charge on any atom is 0.405 e. The molecule has 0 aliphatic rings. The quantitative estimate of drug-likeness (QED) is 0.0502. The summed E-state index contributed by atoms with van der Waals surface area (Å²) >= 11 is 0. The zero-order valence-corrected chi connectivity index (χ0v) is 31.4. The Morgan fingerprint density at radius 1 is 0.373 bits per heavy atom. The smallest absolute Gasteiger partial charge is 0.229 e. The Labute approximate surface area is 307 Å². The topological polar surface area (TPSA) is 52.6 Å². The minimum atomic E-state index is -4.10. The standard InChI is InChI=1S/C44H44O4P2S/c45-51(46,47-49-35-19-33-43(37-21-7-1-8-22-37,38-23-9-2-10-24-38)39-25-11-3-12-26-39)48-50-36-20-34-44(40-27-13-4-14-28-40,41-29-15-5-16-30-41)42-31-17-6-18-32-42/h1-18,21-32,49-50H,19-20,33-36H2. The zero-order chi connectivity index (χ0) is 35.2. The molecule has 6 rings (SSSR count). The summed E-state index contributed by atoms with van der Waals surface area (Å²) in [6, 6.07) is 63.4. The van der Waals surface area contributed by atoms with E-state index in [2.05, 4.69) is 146 Å². The van der Waals surface area contributed by atoms with Gasteiger partial charge in [0.15, 0.2) is 0 Å². The van der Waals surface area contributed by atoms with E-state index in [0.717, 1.165) is 25.7 Å². The Hall–Kier alpha value is -3.95. The zero-order valence-electron chi connectivity index (χ0n) is 28.6. The summed E-state index contributed by atoms with van der Waals surface area (Å²) < 4.78 is 36.5. The van der Waals surface area contributed by atoms with E-state index in [1.165, 1.54) is 33.4 Å². The summed E-state index contributed by atoms with van der Waals surface area (Å²) in [6.45, 7) is 0. The predicted octanol–water partition coefficient (Wildman–Crippen LogP) is 11.1. The van der Waals surface area contributed by atoms with Crippen molar-refractivity contribution in [3.8, 4) is 0 Å². The third-order valence-electron chi connectivity index (χ3n) is 9.58. The predicted molar refractivity (Wildman–Crippen MR) is 214 cm³/mol. The summed E-state index contributed by atoms with van der Waals surface area (Å²) in [5, 5.41) is 0. The van der Waals surface area contributed by atoms with E-state index in [9.17, 15) is 8.42 Å². The summed E-state index contributed by atoms with van der Waals surface area (Å²) in [7, 11) is -4.54. The lowest BCUT2D eigenvalue weighted by Crippen LogP contribution is -2.29. The highest BCUT2D eigenvalue weighted by Gasteiger charge is 2.37. The molecule has 0 radical (unpaired) electrons. The molecule has 0 spiro atoms. The molecule has 7 heteroatoms. The van der Waals surface area contributed by atoms with Gasteiger partial charge in [-0.05, 0) is 71.4 Å². The van der Waals surface area contributed by atoms with Crippen LogP contribution in [0, 0.1) is 0 Å². The van der Waals surface area contributed by atoms with Crippen molar-refractivity contribution in [2.75, 3.05) is 12.3 Å². The third-order valence-corrected chi connectivity index (χ3v) is 13.3. The second kappa shape index (κ2) is 18.0. The lowest BCUT2D eigenvalue weighted by molar-refractivity contribution is 0.428. The van der Waals surface area contributed by atoms with Gasteiger partial charge in [0, 0.05) is 28.4 Å². The lowest BCUT2D eigenvalue weighted by Gasteiger charge is -2.36. The molecule has 0 amide bonds. The molecule has 0 bridgehead atoms. The van der Waals surface area contributed by atoms with E-state index in [-0.39, 0.29) is 28.4 Å². The molecule has 0 saturated carbocycles. The molecule has 0 aliphatic heterocycles. The van der Waals surface area contributed by atoms with Gasteiger partial charge in [0.05, 0.1) is 0 Å². The van der Waals surface area contributed by atoms with Crippen LogP contribution in [0.2, 0.25) is 0 Å². The summed E-state index contributed by atoms with van der Waals surface area (Å²) in [6.07, 6.45) is 4.36. The molecule has 0 saturated heterocycles. The van der Waals surface area contributed by atoms with E-state index >= 15 is 0 Å². The molecule has 2 unspecified atom stereocenters. The Balaban J connectivity index is 1.07. The van der Waals surface area contributed by atoms with Crippen LogP contribution in [0.5, 0.6) is 0 Å². The molecule has 6 aromatic rings. The van der Waals surface area contributed by atoms with Crippen LogP contribution < -0.4 is 0 Å². The van der Waals surface area contributed by atoms with Crippen LogP contribution in [0.3, 0.4) is 0 Å². The maximum atomic E-state index is 12.8. The molecule has 0 N–H and O–H groups in total. The van der Waals surface area contributed by atoms with Gasteiger partial charge < -0.3 is 0 Å². The first kappa shape index (κ1) is 36.8. The van der Waals surface area contributed by atoms with Crippen LogP contribution in [-0.4, -0.2) is 20.7 Å². The van der Waals surface area contributed by atoms with Crippen molar-refractivity contribution in [3.05, 3.63) is 215 Å². The fraction of sp³-hybridized carbons (Fsp3) is 0.182. The summed E-state index contributed by atoms with van der Waals surface area (Å²) in [4.78, 5) is 0. The van der Waals surface area contributed by atoms with Crippen molar-refractivity contribution in [1.82, 2.24) is 0 Å². The van der Waals surface area contributed by atoms with Gasteiger partial charge in [-0.1, -0.05) is 182 Å². The van der Waals surface area contributed by atoms with Crippen LogP contribution in [0.15, 0.2) is 182 Å². The average Bonchev–Trinajstić information content (AvgIpc) is 3.20. The molecule has 51 heavy (non-hydrogen) atoms.